The zero-order valence-corrected chi connectivity index (χ0v) is 15.3. The summed E-state index contributed by atoms with van der Waals surface area (Å²) in [6.07, 6.45) is 1.69. The summed E-state index contributed by atoms with van der Waals surface area (Å²) in [6.45, 7) is 0.490. The minimum absolute atomic E-state index is 0.0120. The number of nitrogens with zero attached hydrogens (tertiary/aromatic N) is 2. The van der Waals surface area contributed by atoms with E-state index in [-0.39, 0.29) is 5.91 Å². The van der Waals surface area contributed by atoms with Gasteiger partial charge in [0.25, 0.3) is 0 Å². The molecule has 2 aromatic heterocycles. The molecule has 134 valence electrons. The van der Waals surface area contributed by atoms with Gasteiger partial charge in [0.2, 0.25) is 11.8 Å². The van der Waals surface area contributed by atoms with Crippen molar-refractivity contribution in [1.82, 2.24) is 15.3 Å². The highest BCUT2D eigenvalue weighted by Crippen LogP contribution is 2.23. The number of rotatable bonds is 6. The molecule has 0 atom stereocenters. The minimum atomic E-state index is 0.0120. The van der Waals surface area contributed by atoms with Gasteiger partial charge in [-0.1, -0.05) is 30.3 Å². The molecule has 0 unspecified atom stereocenters. The first-order valence-corrected chi connectivity index (χ1v) is 9.52. The maximum atomic E-state index is 12.0. The molecule has 2 aromatic carbocycles. The van der Waals surface area contributed by atoms with Crippen LogP contribution >= 0.6 is 11.8 Å². The van der Waals surface area contributed by atoms with Gasteiger partial charge in [0.05, 0.1) is 5.75 Å². The molecule has 0 saturated heterocycles. The zero-order valence-electron chi connectivity index (χ0n) is 14.5. The molecule has 0 spiro atoms. The highest BCUT2D eigenvalue weighted by molar-refractivity contribution is 8.00. The highest BCUT2D eigenvalue weighted by atomic mass is 32.2. The van der Waals surface area contributed by atoms with Gasteiger partial charge in [-0.25, -0.2) is 4.98 Å². The van der Waals surface area contributed by atoms with E-state index in [1.165, 1.54) is 11.8 Å². The fourth-order valence-electron chi connectivity index (χ4n) is 2.57. The van der Waals surface area contributed by atoms with Crippen LogP contribution < -0.4 is 5.32 Å². The number of aromatic nitrogens is 2. The van der Waals surface area contributed by atoms with Crippen LogP contribution in [0.15, 0.2) is 82.2 Å². The number of amides is 1. The number of nitrogens with one attached hydrogen (secondary N) is 1. The van der Waals surface area contributed by atoms with E-state index in [9.17, 15) is 4.79 Å². The predicted octanol–water partition coefficient (Wildman–Crippen LogP) is 4.30. The number of thioether (sulfide) groups is 1. The Morgan fingerprint density at radius 2 is 1.81 bits per heavy atom. The number of benzene rings is 2. The third-order valence-corrected chi connectivity index (χ3v) is 4.98. The molecule has 27 heavy (non-hydrogen) atoms. The fourth-order valence-corrected chi connectivity index (χ4v) is 3.32. The Kier molecular flexibility index (Phi) is 5.16. The summed E-state index contributed by atoms with van der Waals surface area (Å²) in [5.74, 6) is 0.953. The summed E-state index contributed by atoms with van der Waals surface area (Å²) in [7, 11) is 0. The molecule has 1 amide bonds. The second kappa shape index (κ2) is 8.05. The van der Waals surface area contributed by atoms with E-state index < -0.39 is 0 Å². The van der Waals surface area contributed by atoms with Gasteiger partial charge >= 0.3 is 0 Å². The smallest absolute Gasteiger partial charge is 0.230 e. The number of pyridine rings is 1. The van der Waals surface area contributed by atoms with Crippen molar-refractivity contribution >= 4 is 28.9 Å². The van der Waals surface area contributed by atoms with E-state index in [1.807, 2.05) is 66.7 Å². The molecule has 0 aliphatic rings. The topological polar surface area (TPSA) is 68.0 Å². The van der Waals surface area contributed by atoms with Crippen molar-refractivity contribution in [2.24, 2.45) is 0 Å². The van der Waals surface area contributed by atoms with E-state index in [0.29, 0.717) is 29.4 Å². The monoisotopic (exact) mass is 375 g/mol. The van der Waals surface area contributed by atoms with Gasteiger partial charge in [0.1, 0.15) is 0 Å². The van der Waals surface area contributed by atoms with Crippen LogP contribution in [0.1, 0.15) is 5.56 Å². The van der Waals surface area contributed by atoms with Crippen LogP contribution in [0.25, 0.3) is 22.7 Å². The second-order valence-corrected chi connectivity index (χ2v) is 6.97. The summed E-state index contributed by atoms with van der Waals surface area (Å²) >= 11 is 1.53. The van der Waals surface area contributed by atoms with E-state index in [1.54, 1.807) is 6.20 Å². The molecule has 0 saturated carbocycles. The van der Waals surface area contributed by atoms with Crippen LogP contribution in [-0.4, -0.2) is 21.6 Å². The van der Waals surface area contributed by atoms with Gasteiger partial charge in [-0.3, -0.25) is 4.79 Å². The van der Waals surface area contributed by atoms with Gasteiger partial charge < -0.3 is 9.73 Å². The van der Waals surface area contributed by atoms with Crippen molar-refractivity contribution in [1.29, 1.82) is 0 Å². The van der Waals surface area contributed by atoms with E-state index >= 15 is 0 Å². The van der Waals surface area contributed by atoms with Gasteiger partial charge in [-0.15, -0.1) is 11.8 Å². The number of carbonyl (C=O) groups is 1. The van der Waals surface area contributed by atoms with E-state index in [2.05, 4.69) is 15.3 Å². The molecule has 2 heterocycles. The van der Waals surface area contributed by atoms with Crippen LogP contribution in [-0.2, 0) is 11.3 Å². The Morgan fingerprint density at radius 1 is 1.00 bits per heavy atom. The average Bonchev–Trinajstić information content (AvgIpc) is 3.16. The van der Waals surface area contributed by atoms with E-state index in [0.717, 1.165) is 16.0 Å². The van der Waals surface area contributed by atoms with Crippen molar-refractivity contribution < 1.29 is 9.21 Å². The quantitative estimate of drug-likeness (QED) is 0.509. The van der Waals surface area contributed by atoms with Crippen molar-refractivity contribution in [2.45, 2.75) is 11.4 Å². The Bertz CT molecular complexity index is 1010. The van der Waals surface area contributed by atoms with Crippen molar-refractivity contribution in [3.05, 3.63) is 78.5 Å². The van der Waals surface area contributed by atoms with Crippen molar-refractivity contribution in [3.63, 3.8) is 0 Å². The highest BCUT2D eigenvalue weighted by Gasteiger charge is 2.09. The third-order valence-electron chi connectivity index (χ3n) is 3.97. The molecule has 4 rings (SSSR count). The molecule has 0 aliphatic heterocycles. The lowest BCUT2D eigenvalue weighted by Gasteiger charge is -2.06. The summed E-state index contributed by atoms with van der Waals surface area (Å²) in [4.78, 5) is 21.7. The second-order valence-electron chi connectivity index (χ2n) is 5.92. The molecule has 1 N–H and O–H groups in total. The standard InChI is InChI=1S/C21H17N3O2S/c25-19(14-27-17-5-2-1-3-6-17)23-13-15-8-10-16(11-9-15)21-24-20-18(26-21)7-4-12-22-20/h1-12H,13-14H2,(H,23,25). The Hall–Kier alpha value is -3.12. The van der Waals surface area contributed by atoms with Gasteiger partial charge in [0.15, 0.2) is 11.2 Å². The van der Waals surface area contributed by atoms with Gasteiger partial charge in [-0.05, 0) is 42.0 Å². The average molecular weight is 375 g/mol. The van der Waals surface area contributed by atoms with Crippen LogP contribution in [0.3, 0.4) is 0 Å². The molecule has 6 heteroatoms. The molecule has 0 fully saturated rings. The number of hydrogen-bond acceptors (Lipinski definition) is 5. The lowest BCUT2D eigenvalue weighted by Crippen LogP contribution is -2.24. The molecular weight excluding hydrogens is 358 g/mol. The number of carbonyl (C=O) groups excluding carboxylic acids is 1. The maximum Gasteiger partial charge on any atom is 0.230 e. The van der Waals surface area contributed by atoms with Crippen LogP contribution in [0.2, 0.25) is 0 Å². The van der Waals surface area contributed by atoms with E-state index in [4.69, 9.17) is 4.42 Å². The van der Waals surface area contributed by atoms with Gasteiger partial charge in [-0.2, -0.15) is 4.98 Å². The summed E-state index contributed by atoms with van der Waals surface area (Å²) in [6, 6.07) is 21.3. The molecule has 0 aliphatic carbocycles. The summed E-state index contributed by atoms with van der Waals surface area (Å²) in [5.41, 5.74) is 3.16. The molecule has 0 bridgehead atoms. The molecule has 4 aromatic rings. The fraction of sp³-hybridized carbons (Fsp3) is 0.0952. The lowest BCUT2D eigenvalue weighted by atomic mass is 10.1. The third kappa shape index (κ3) is 4.35. The first kappa shape index (κ1) is 17.3. The first-order chi connectivity index (χ1) is 13.3. The lowest BCUT2D eigenvalue weighted by molar-refractivity contribution is -0.118. The Morgan fingerprint density at radius 3 is 2.59 bits per heavy atom. The Balaban J connectivity index is 1.33. The van der Waals surface area contributed by atoms with Crippen molar-refractivity contribution in [2.75, 3.05) is 5.75 Å². The largest absolute Gasteiger partial charge is 0.434 e. The number of fused-ring (bicyclic) bond motifs is 1. The Labute approximate surface area is 160 Å². The minimum Gasteiger partial charge on any atom is -0.434 e. The van der Waals surface area contributed by atoms with Crippen LogP contribution in [0, 0.1) is 0 Å². The maximum absolute atomic E-state index is 12.0. The molecular formula is C21H17N3O2S. The first-order valence-electron chi connectivity index (χ1n) is 8.53. The van der Waals surface area contributed by atoms with Crippen molar-refractivity contribution in [3.8, 4) is 11.5 Å². The number of hydrogen-bond donors (Lipinski definition) is 1. The number of oxazole rings is 1. The van der Waals surface area contributed by atoms with Crippen LogP contribution in [0.5, 0.6) is 0 Å². The van der Waals surface area contributed by atoms with Gasteiger partial charge in [0, 0.05) is 23.2 Å². The summed E-state index contributed by atoms with van der Waals surface area (Å²) < 4.78 is 5.72. The zero-order chi connectivity index (χ0) is 18.5. The SMILES string of the molecule is O=C(CSc1ccccc1)NCc1ccc(-c2nc3ncccc3o2)cc1. The molecule has 5 nitrogen and oxygen atoms in total. The molecule has 0 radical (unpaired) electrons. The predicted molar refractivity (Wildman–Crippen MR) is 106 cm³/mol. The normalized spacial score (nSPS) is 10.8. The van der Waals surface area contributed by atoms with Crippen LogP contribution in [0.4, 0.5) is 0 Å². The summed E-state index contributed by atoms with van der Waals surface area (Å²) in [5, 5.41) is 2.94.